The summed E-state index contributed by atoms with van der Waals surface area (Å²) in [6.07, 6.45) is 3.71. The van der Waals surface area contributed by atoms with Gasteiger partial charge in [0.2, 0.25) is 0 Å². The lowest BCUT2D eigenvalue weighted by molar-refractivity contribution is -0.138. The molecular weight excluding hydrogens is 192 g/mol. The zero-order valence-electron chi connectivity index (χ0n) is 7.04. The lowest BCUT2D eigenvalue weighted by Gasteiger charge is -2.01. The molecule has 1 aromatic heterocycles. The van der Waals surface area contributed by atoms with Crippen molar-refractivity contribution in [3.05, 3.63) is 11.9 Å². The van der Waals surface area contributed by atoms with E-state index in [2.05, 4.69) is 10.3 Å². The molecule has 0 fully saturated rings. The normalized spacial score (nSPS) is 12.8. The predicted molar refractivity (Wildman–Crippen MR) is 48.3 cm³/mol. The molecule has 1 heterocycles. The summed E-state index contributed by atoms with van der Waals surface area (Å²) in [6, 6.07) is -0.910. The highest BCUT2D eigenvalue weighted by Crippen LogP contribution is 2.02. The van der Waals surface area contributed by atoms with E-state index in [-0.39, 0.29) is 6.42 Å². The summed E-state index contributed by atoms with van der Waals surface area (Å²) in [5.41, 5.74) is 5.90. The number of hydrogen-bond donors (Lipinski definition) is 2. The Kier molecular flexibility index (Phi) is 3.26. The van der Waals surface area contributed by atoms with E-state index in [4.69, 9.17) is 10.8 Å². The van der Waals surface area contributed by atoms with Gasteiger partial charge in [0.15, 0.2) is 0 Å². The molecule has 1 unspecified atom stereocenters. The summed E-state index contributed by atoms with van der Waals surface area (Å²) in [7, 11) is 0. The maximum Gasteiger partial charge on any atom is 0.320 e. The maximum atomic E-state index is 10.4. The molecule has 0 aliphatic heterocycles. The van der Waals surface area contributed by atoms with E-state index in [0.29, 0.717) is 5.69 Å². The van der Waals surface area contributed by atoms with Crippen molar-refractivity contribution in [3.63, 3.8) is 0 Å². The van der Waals surface area contributed by atoms with E-state index < -0.39 is 12.0 Å². The Bertz CT molecular complexity index is 301. The number of aliphatic carboxylic acids is 1. The molecular formula is C6H10N4O2S. The SMILES string of the molecule is CSn1cc(CC(N)C(=O)O)nn1. The number of carboxylic acid groups (broad SMARTS) is 1. The van der Waals surface area contributed by atoms with Crippen molar-refractivity contribution < 1.29 is 9.90 Å². The first-order valence-electron chi connectivity index (χ1n) is 3.57. The first-order chi connectivity index (χ1) is 6.13. The van der Waals surface area contributed by atoms with Gasteiger partial charge in [-0.2, -0.15) is 4.09 Å². The van der Waals surface area contributed by atoms with Crippen LogP contribution in [-0.4, -0.2) is 37.8 Å². The van der Waals surface area contributed by atoms with Gasteiger partial charge in [0.1, 0.15) is 6.04 Å². The van der Waals surface area contributed by atoms with Crippen molar-refractivity contribution in [1.82, 2.24) is 14.4 Å². The predicted octanol–water partition coefficient (Wildman–Crippen LogP) is -0.641. The second-order valence-electron chi connectivity index (χ2n) is 2.44. The summed E-state index contributed by atoms with van der Waals surface area (Å²) in [6.45, 7) is 0. The first kappa shape index (κ1) is 10.0. The van der Waals surface area contributed by atoms with Crippen LogP contribution in [0.15, 0.2) is 6.20 Å². The number of hydrogen-bond acceptors (Lipinski definition) is 5. The smallest absolute Gasteiger partial charge is 0.320 e. The van der Waals surface area contributed by atoms with Gasteiger partial charge < -0.3 is 10.8 Å². The number of carbonyl (C=O) groups is 1. The Morgan fingerprint density at radius 2 is 2.62 bits per heavy atom. The summed E-state index contributed by atoms with van der Waals surface area (Å²) in [4.78, 5) is 10.4. The van der Waals surface area contributed by atoms with Gasteiger partial charge in [0.25, 0.3) is 0 Å². The number of rotatable bonds is 4. The summed E-state index contributed by atoms with van der Waals surface area (Å²) < 4.78 is 1.55. The van der Waals surface area contributed by atoms with Crippen LogP contribution >= 0.6 is 11.9 Å². The zero-order chi connectivity index (χ0) is 9.84. The fourth-order valence-corrected chi connectivity index (χ4v) is 1.11. The standard InChI is InChI=1S/C6H10N4O2S/c1-13-10-3-4(8-9-10)2-5(7)6(11)12/h3,5H,2,7H2,1H3,(H,11,12). The average molecular weight is 202 g/mol. The van der Waals surface area contributed by atoms with Crippen LogP contribution < -0.4 is 5.73 Å². The van der Waals surface area contributed by atoms with Crippen LogP contribution in [0.1, 0.15) is 5.69 Å². The molecule has 1 rings (SSSR count). The fourth-order valence-electron chi connectivity index (χ4n) is 0.776. The number of carboxylic acids is 1. The fraction of sp³-hybridized carbons (Fsp3) is 0.500. The summed E-state index contributed by atoms with van der Waals surface area (Å²) in [5.74, 6) is -1.03. The molecule has 1 atom stereocenters. The highest BCUT2D eigenvalue weighted by molar-refractivity contribution is 7.97. The van der Waals surface area contributed by atoms with Gasteiger partial charge in [0.05, 0.1) is 11.9 Å². The molecule has 1 aromatic rings. The molecule has 0 saturated heterocycles. The molecule has 0 bridgehead atoms. The average Bonchev–Trinajstić information content (AvgIpc) is 2.52. The second-order valence-corrected chi connectivity index (χ2v) is 3.18. The van der Waals surface area contributed by atoms with Gasteiger partial charge >= 0.3 is 5.97 Å². The van der Waals surface area contributed by atoms with Crippen molar-refractivity contribution in [1.29, 1.82) is 0 Å². The van der Waals surface area contributed by atoms with E-state index in [1.165, 1.54) is 11.9 Å². The van der Waals surface area contributed by atoms with Crippen molar-refractivity contribution in [2.24, 2.45) is 5.73 Å². The molecule has 0 saturated carbocycles. The highest BCUT2D eigenvalue weighted by Gasteiger charge is 2.14. The van der Waals surface area contributed by atoms with E-state index >= 15 is 0 Å². The monoisotopic (exact) mass is 202 g/mol. The van der Waals surface area contributed by atoms with Crippen LogP contribution in [0.25, 0.3) is 0 Å². The highest BCUT2D eigenvalue weighted by atomic mass is 32.2. The molecule has 7 heteroatoms. The number of nitrogens with zero attached hydrogens (tertiary/aromatic N) is 3. The van der Waals surface area contributed by atoms with E-state index in [0.717, 1.165) is 0 Å². The Morgan fingerprint density at radius 3 is 3.08 bits per heavy atom. The molecule has 0 aliphatic carbocycles. The minimum Gasteiger partial charge on any atom is -0.480 e. The third-order valence-corrected chi connectivity index (χ3v) is 2.01. The van der Waals surface area contributed by atoms with Gasteiger partial charge in [-0.05, 0) is 11.9 Å². The van der Waals surface area contributed by atoms with Gasteiger partial charge in [-0.15, -0.1) is 5.10 Å². The Hall–Kier alpha value is -1.08. The second kappa shape index (κ2) is 4.24. The third kappa shape index (κ3) is 2.71. The molecule has 0 aromatic carbocycles. The molecule has 72 valence electrons. The van der Waals surface area contributed by atoms with Crippen LogP contribution in [-0.2, 0) is 11.2 Å². The number of aromatic nitrogens is 3. The van der Waals surface area contributed by atoms with E-state index in [1.54, 1.807) is 10.3 Å². The molecule has 0 amide bonds. The van der Waals surface area contributed by atoms with Gasteiger partial charge in [0, 0.05) is 12.7 Å². The van der Waals surface area contributed by atoms with Gasteiger partial charge in [-0.1, -0.05) is 5.21 Å². The molecule has 13 heavy (non-hydrogen) atoms. The van der Waals surface area contributed by atoms with Crippen molar-refractivity contribution in [2.45, 2.75) is 12.5 Å². The molecule has 0 radical (unpaired) electrons. The lowest BCUT2D eigenvalue weighted by Crippen LogP contribution is -2.32. The van der Waals surface area contributed by atoms with E-state index in [1.807, 2.05) is 6.26 Å². The van der Waals surface area contributed by atoms with Crippen LogP contribution in [0.2, 0.25) is 0 Å². The quantitative estimate of drug-likeness (QED) is 0.674. The zero-order valence-corrected chi connectivity index (χ0v) is 7.86. The Balaban J connectivity index is 2.58. The molecule has 3 N–H and O–H groups in total. The third-order valence-electron chi connectivity index (χ3n) is 1.45. The van der Waals surface area contributed by atoms with Gasteiger partial charge in [-0.25, -0.2) is 0 Å². The Labute approximate surface area is 79.2 Å². The maximum absolute atomic E-state index is 10.4. The first-order valence-corrected chi connectivity index (χ1v) is 4.75. The Morgan fingerprint density at radius 1 is 1.92 bits per heavy atom. The van der Waals surface area contributed by atoms with Crippen LogP contribution in [0, 0.1) is 0 Å². The van der Waals surface area contributed by atoms with Crippen LogP contribution in [0.3, 0.4) is 0 Å². The van der Waals surface area contributed by atoms with E-state index in [9.17, 15) is 4.79 Å². The van der Waals surface area contributed by atoms with Crippen molar-refractivity contribution >= 4 is 17.9 Å². The summed E-state index contributed by atoms with van der Waals surface area (Å²) in [5, 5.41) is 16.0. The van der Waals surface area contributed by atoms with Crippen molar-refractivity contribution in [2.75, 3.05) is 6.26 Å². The number of nitrogens with two attached hydrogens (primary N) is 1. The summed E-state index contributed by atoms with van der Waals surface area (Å²) >= 11 is 1.38. The van der Waals surface area contributed by atoms with Crippen LogP contribution in [0.4, 0.5) is 0 Å². The van der Waals surface area contributed by atoms with Crippen LogP contribution in [0.5, 0.6) is 0 Å². The largest absolute Gasteiger partial charge is 0.480 e. The molecule has 6 nitrogen and oxygen atoms in total. The topological polar surface area (TPSA) is 94.0 Å². The van der Waals surface area contributed by atoms with Crippen molar-refractivity contribution in [3.8, 4) is 0 Å². The van der Waals surface area contributed by atoms with Gasteiger partial charge in [-0.3, -0.25) is 4.79 Å². The molecule has 0 aliphatic rings. The minimum atomic E-state index is -1.03. The lowest BCUT2D eigenvalue weighted by atomic mass is 10.2. The minimum absolute atomic E-state index is 0.204. The molecule has 0 spiro atoms.